The molecule has 2 atom stereocenters. The van der Waals surface area contributed by atoms with Crippen molar-refractivity contribution < 1.29 is 4.79 Å². The first-order valence-electron chi connectivity index (χ1n) is 6.80. The van der Waals surface area contributed by atoms with Crippen LogP contribution in [0.1, 0.15) is 36.0 Å². The molecular weight excluding hydrogens is 322 g/mol. The molecule has 4 heteroatoms. The van der Waals surface area contributed by atoms with Gasteiger partial charge in [-0.1, -0.05) is 28.1 Å². The number of carbonyl (C=O) groups is 1. The number of hydrogen-bond acceptors (Lipinski definition) is 2. The zero-order chi connectivity index (χ0) is 13.4. The van der Waals surface area contributed by atoms with E-state index in [1.54, 1.807) is 11.8 Å². The van der Waals surface area contributed by atoms with Crippen LogP contribution in [0.5, 0.6) is 0 Å². The number of thioether (sulfide) groups is 1. The molecule has 2 aliphatic rings. The summed E-state index contributed by atoms with van der Waals surface area (Å²) in [4.78, 5) is 16.7. The first kappa shape index (κ1) is 13.5. The smallest absolute Gasteiger partial charge is 0.255 e. The highest BCUT2D eigenvalue weighted by atomic mass is 79.9. The van der Waals surface area contributed by atoms with E-state index in [1.165, 1.54) is 12.8 Å². The predicted octanol–water partition coefficient (Wildman–Crippen LogP) is 3.94. The molecule has 19 heavy (non-hydrogen) atoms. The molecule has 3 rings (SSSR count). The van der Waals surface area contributed by atoms with Crippen LogP contribution in [-0.4, -0.2) is 34.0 Å². The molecule has 0 radical (unpaired) electrons. The van der Waals surface area contributed by atoms with Crippen LogP contribution < -0.4 is 0 Å². The molecular formula is C15H18BrNOS. The summed E-state index contributed by atoms with van der Waals surface area (Å²) in [7, 11) is 0. The largest absolute Gasteiger partial charge is 0.333 e. The van der Waals surface area contributed by atoms with Crippen LogP contribution in [0.4, 0.5) is 0 Å². The SMILES string of the molecule is CSc1ccccc1C(=O)N1C2CCC1CC(Br)C2. The maximum atomic E-state index is 12.8. The normalized spacial score (nSPS) is 29.6. The van der Waals surface area contributed by atoms with Crippen molar-refractivity contribution in [1.82, 2.24) is 4.90 Å². The third-order valence-electron chi connectivity index (χ3n) is 4.25. The number of nitrogens with zero attached hydrogens (tertiary/aromatic N) is 1. The predicted molar refractivity (Wildman–Crippen MR) is 83.2 cm³/mol. The molecule has 1 aromatic carbocycles. The Hall–Kier alpha value is -0.480. The molecule has 2 unspecified atom stereocenters. The molecule has 0 N–H and O–H groups in total. The molecule has 0 saturated carbocycles. The summed E-state index contributed by atoms with van der Waals surface area (Å²) in [5.41, 5.74) is 0.875. The molecule has 2 aliphatic heterocycles. The minimum absolute atomic E-state index is 0.233. The summed E-state index contributed by atoms with van der Waals surface area (Å²) in [5, 5.41) is 0. The van der Waals surface area contributed by atoms with E-state index in [9.17, 15) is 4.79 Å². The van der Waals surface area contributed by atoms with E-state index in [1.807, 2.05) is 30.5 Å². The van der Waals surface area contributed by atoms with Crippen molar-refractivity contribution in [2.45, 2.75) is 47.5 Å². The van der Waals surface area contributed by atoms with Gasteiger partial charge in [0.25, 0.3) is 5.91 Å². The zero-order valence-electron chi connectivity index (χ0n) is 11.0. The van der Waals surface area contributed by atoms with Gasteiger partial charge in [0.2, 0.25) is 0 Å². The molecule has 0 spiro atoms. The third-order valence-corrected chi connectivity index (χ3v) is 5.79. The summed E-state index contributed by atoms with van der Waals surface area (Å²) >= 11 is 5.38. The van der Waals surface area contributed by atoms with Gasteiger partial charge in [0.1, 0.15) is 0 Å². The third kappa shape index (κ3) is 2.45. The van der Waals surface area contributed by atoms with Crippen LogP contribution in [0.15, 0.2) is 29.2 Å². The number of piperidine rings is 1. The van der Waals surface area contributed by atoms with Crippen molar-refractivity contribution >= 4 is 33.6 Å². The van der Waals surface area contributed by atoms with E-state index in [-0.39, 0.29) is 5.91 Å². The Kier molecular flexibility index (Phi) is 3.90. The number of halogens is 1. The van der Waals surface area contributed by atoms with Gasteiger partial charge in [-0.2, -0.15) is 0 Å². The van der Waals surface area contributed by atoms with Crippen molar-refractivity contribution in [3.63, 3.8) is 0 Å². The number of hydrogen-bond donors (Lipinski definition) is 0. The van der Waals surface area contributed by atoms with E-state index >= 15 is 0 Å². The van der Waals surface area contributed by atoms with Gasteiger partial charge in [-0.05, 0) is 44.1 Å². The fourth-order valence-electron chi connectivity index (χ4n) is 3.40. The molecule has 2 fully saturated rings. The molecule has 2 heterocycles. The Balaban J connectivity index is 1.89. The van der Waals surface area contributed by atoms with Gasteiger partial charge >= 0.3 is 0 Å². The first-order chi connectivity index (χ1) is 9.20. The van der Waals surface area contributed by atoms with E-state index in [0.29, 0.717) is 16.9 Å². The second kappa shape index (κ2) is 5.49. The Morgan fingerprint density at radius 1 is 1.26 bits per heavy atom. The van der Waals surface area contributed by atoms with Gasteiger partial charge < -0.3 is 4.90 Å². The number of carbonyl (C=O) groups excluding carboxylic acids is 1. The van der Waals surface area contributed by atoms with Gasteiger partial charge in [-0.25, -0.2) is 0 Å². The fourth-order valence-corrected chi connectivity index (χ4v) is 4.86. The lowest BCUT2D eigenvalue weighted by Gasteiger charge is -2.37. The molecule has 1 aromatic rings. The number of fused-ring (bicyclic) bond motifs is 2. The number of alkyl halides is 1. The Morgan fingerprint density at radius 3 is 2.53 bits per heavy atom. The van der Waals surface area contributed by atoms with Crippen LogP contribution in [0.25, 0.3) is 0 Å². The highest BCUT2D eigenvalue weighted by Gasteiger charge is 2.42. The average molecular weight is 340 g/mol. The zero-order valence-corrected chi connectivity index (χ0v) is 13.4. The Morgan fingerprint density at radius 2 is 1.89 bits per heavy atom. The van der Waals surface area contributed by atoms with Crippen molar-refractivity contribution in [3.8, 4) is 0 Å². The number of amides is 1. The minimum atomic E-state index is 0.233. The molecule has 1 amide bonds. The second-order valence-electron chi connectivity index (χ2n) is 5.37. The molecule has 2 bridgehead atoms. The lowest BCUT2D eigenvalue weighted by Crippen LogP contribution is -2.47. The molecule has 0 aromatic heterocycles. The van der Waals surface area contributed by atoms with E-state index < -0.39 is 0 Å². The monoisotopic (exact) mass is 339 g/mol. The summed E-state index contributed by atoms with van der Waals surface area (Å²) in [5.74, 6) is 0.233. The molecule has 0 aliphatic carbocycles. The summed E-state index contributed by atoms with van der Waals surface area (Å²) < 4.78 is 0. The fraction of sp³-hybridized carbons (Fsp3) is 0.533. The van der Waals surface area contributed by atoms with Gasteiger partial charge in [0.15, 0.2) is 0 Å². The van der Waals surface area contributed by atoms with Crippen molar-refractivity contribution in [1.29, 1.82) is 0 Å². The highest BCUT2D eigenvalue weighted by Crippen LogP contribution is 2.39. The quantitative estimate of drug-likeness (QED) is 0.600. The van der Waals surface area contributed by atoms with E-state index in [4.69, 9.17) is 0 Å². The van der Waals surface area contributed by atoms with Gasteiger partial charge in [0, 0.05) is 21.8 Å². The van der Waals surface area contributed by atoms with Crippen LogP contribution in [0, 0.1) is 0 Å². The summed E-state index contributed by atoms with van der Waals surface area (Å²) in [6, 6.07) is 8.84. The van der Waals surface area contributed by atoms with Crippen molar-refractivity contribution in [2.75, 3.05) is 6.26 Å². The van der Waals surface area contributed by atoms with Crippen LogP contribution in [0.2, 0.25) is 0 Å². The van der Waals surface area contributed by atoms with E-state index in [2.05, 4.69) is 20.8 Å². The van der Waals surface area contributed by atoms with Crippen molar-refractivity contribution in [2.24, 2.45) is 0 Å². The van der Waals surface area contributed by atoms with Crippen LogP contribution in [0.3, 0.4) is 0 Å². The topological polar surface area (TPSA) is 20.3 Å². The highest BCUT2D eigenvalue weighted by molar-refractivity contribution is 9.09. The Labute approximate surface area is 127 Å². The standard InChI is InChI=1S/C15H18BrNOS/c1-19-14-5-3-2-4-13(14)15(18)17-11-6-7-12(17)9-10(16)8-11/h2-5,10-12H,6-9H2,1H3. The lowest BCUT2D eigenvalue weighted by atomic mass is 10.0. The van der Waals surface area contributed by atoms with Crippen LogP contribution >= 0.6 is 27.7 Å². The van der Waals surface area contributed by atoms with Gasteiger partial charge in [-0.3, -0.25) is 4.79 Å². The number of benzene rings is 1. The number of rotatable bonds is 2. The average Bonchev–Trinajstić information content (AvgIpc) is 2.70. The lowest BCUT2D eigenvalue weighted by molar-refractivity contribution is 0.0600. The van der Waals surface area contributed by atoms with Crippen molar-refractivity contribution in [3.05, 3.63) is 29.8 Å². The van der Waals surface area contributed by atoms with Gasteiger partial charge in [0.05, 0.1) is 5.56 Å². The second-order valence-corrected chi connectivity index (χ2v) is 7.51. The van der Waals surface area contributed by atoms with E-state index in [0.717, 1.165) is 23.3 Å². The maximum absolute atomic E-state index is 12.8. The van der Waals surface area contributed by atoms with Gasteiger partial charge in [-0.15, -0.1) is 11.8 Å². The Bertz CT molecular complexity index is 479. The molecule has 2 saturated heterocycles. The molecule has 2 nitrogen and oxygen atoms in total. The summed E-state index contributed by atoms with van der Waals surface area (Å²) in [6.45, 7) is 0. The molecule has 102 valence electrons. The first-order valence-corrected chi connectivity index (χ1v) is 8.94. The summed E-state index contributed by atoms with van der Waals surface area (Å²) in [6.07, 6.45) is 6.57. The maximum Gasteiger partial charge on any atom is 0.255 e. The van der Waals surface area contributed by atoms with Crippen LogP contribution in [-0.2, 0) is 0 Å². The minimum Gasteiger partial charge on any atom is -0.333 e.